The lowest BCUT2D eigenvalue weighted by molar-refractivity contribution is -0.143. The summed E-state index contributed by atoms with van der Waals surface area (Å²) in [5.41, 5.74) is -0.0554. The van der Waals surface area contributed by atoms with E-state index in [1.807, 2.05) is 0 Å². The van der Waals surface area contributed by atoms with E-state index in [9.17, 15) is 18.0 Å². The highest BCUT2D eigenvalue weighted by molar-refractivity contribution is 7.90. The summed E-state index contributed by atoms with van der Waals surface area (Å²) in [5.74, 6) is -1.18. The molecule has 0 bridgehead atoms. The van der Waals surface area contributed by atoms with Crippen molar-refractivity contribution in [2.45, 2.75) is 17.4 Å². The molecule has 0 N–H and O–H groups in total. The fourth-order valence-electron chi connectivity index (χ4n) is 1.85. The second kappa shape index (κ2) is 5.72. The Kier molecular flexibility index (Phi) is 4.17. The maximum atomic E-state index is 11.8. The van der Waals surface area contributed by atoms with Gasteiger partial charge in [-0.15, -0.1) is 0 Å². The van der Waals surface area contributed by atoms with Gasteiger partial charge in [0.1, 0.15) is 11.3 Å². The van der Waals surface area contributed by atoms with Crippen molar-refractivity contribution in [3.05, 3.63) is 23.8 Å². The molecule has 8 heteroatoms. The van der Waals surface area contributed by atoms with E-state index in [-0.39, 0.29) is 22.8 Å². The minimum atomic E-state index is -3.48. The first-order chi connectivity index (χ1) is 9.82. The lowest BCUT2D eigenvalue weighted by Crippen LogP contribution is -2.23. The van der Waals surface area contributed by atoms with E-state index in [4.69, 9.17) is 9.47 Å². The molecule has 0 aliphatic carbocycles. The zero-order valence-electron chi connectivity index (χ0n) is 11.5. The van der Waals surface area contributed by atoms with Gasteiger partial charge in [0.05, 0.1) is 18.6 Å². The summed E-state index contributed by atoms with van der Waals surface area (Å²) in [5, 5.41) is 0. The van der Waals surface area contributed by atoms with Crippen LogP contribution in [0.2, 0.25) is 0 Å². The topological polar surface area (TPSA) is 96.0 Å². The van der Waals surface area contributed by atoms with Crippen molar-refractivity contribution in [1.29, 1.82) is 0 Å². The first-order valence-electron chi connectivity index (χ1n) is 6.08. The fourth-order valence-corrected chi connectivity index (χ4v) is 2.50. The molecule has 1 aliphatic heterocycles. The zero-order chi connectivity index (χ0) is 15.6. The van der Waals surface area contributed by atoms with Crippen LogP contribution in [0.15, 0.2) is 23.1 Å². The van der Waals surface area contributed by atoms with Gasteiger partial charge >= 0.3 is 11.9 Å². The minimum Gasteiger partial charge on any atom is -0.478 e. The van der Waals surface area contributed by atoms with E-state index in [2.05, 4.69) is 4.74 Å². The Morgan fingerprint density at radius 1 is 1.38 bits per heavy atom. The van der Waals surface area contributed by atoms with Crippen molar-refractivity contribution in [2.75, 3.05) is 20.0 Å². The Balaban J connectivity index is 2.40. The molecule has 0 amide bonds. The molecule has 1 aromatic rings. The maximum Gasteiger partial charge on any atom is 0.347 e. The van der Waals surface area contributed by atoms with Crippen LogP contribution in [0.25, 0.3) is 0 Å². The predicted molar refractivity (Wildman–Crippen MR) is 70.9 cm³/mol. The summed E-state index contributed by atoms with van der Waals surface area (Å²) in [4.78, 5) is 23.1. The second-order valence-electron chi connectivity index (χ2n) is 4.48. The Labute approximate surface area is 121 Å². The van der Waals surface area contributed by atoms with Crippen LogP contribution in [-0.4, -0.2) is 46.4 Å². The number of cyclic esters (lactones) is 1. The van der Waals surface area contributed by atoms with Crippen LogP contribution in [0.1, 0.15) is 16.8 Å². The molecule has 1 atom stereocenters. The molecule has 1 saturated heterocycles. The van der Waals surface area contributed by atoms with Gasteiger partial charge in [0.15, 0.2) is 15.9 Å². The second-order valence-corrected chi connectivity index (χ2v) is 6.50. The standard InChI is InChI=1S/C13H14O7S/c1-18-12(14)9-7-8(21(2,16)17)3-4-10(9)20-11-5-6-19-13(11)15/h3-4,7,11H,5-6H2,1-2H3. The summed E-state index contributed by atoms with van der Waals surface area (Å²) in [6.07, 6.45) is 0.586. The number of carbonyl (C=O) groups is 2. The predicted octanol–water partition coefficient (Wildman–Crippen LogP) is 0.571. The Morgan fingerprint density at radius 2 is 2.10 bits per heavy atom. The third-order valence-electron chi connectivity index (χ3n) is 2.94. The summed E-state index contributed by atoms with van der Waals surface area (Å²) in [6.45, 7) is 0.248. The lowest BCUT2D eigenvalue weighted by atomic mass is 10.2. The molecule has 1 aromatic carbocycles. The van der Waals surface area contributed by atoms with E-state index in [0.717, 1.165) is 12.3 Å². The average Bonchev–Trinajstić information content (AvgIpc) is 2.82. The van der Waals surface area contributed by atoms with Gasteiger partial charge in [0, 0.05) is 12.7 Å². The van der Waals surface area contributed by atoms with Crippen LogP contribution in [0.4, 0.5) is 0 Å². The summed E-state index contributed by atoms with van der Waals surface area (Å²) < 4.78 is 37.9. The third kappa shape index (κ3) is 3.33. The van der Waals surface area contributed by atoms with Crippen molar-refractivity contribution in [3.63, 3.8) is 0 Å². The first-order valence-corrected chi connectivity index (χ1v) is 7.98. The monoisotopic (exact) mass is 314 g/mol. The number of hydrogen-bond donors (Lipinski definition) is 0. The molecule has 0 saturated carbocycles. The molecule has 1 aliphatic rings. The third-order valence-corrected chi connectivity index (χ3v) is 4.05. The van der Waals surface area contributed by atoms with Crippen molar-refractivity contribution < 1.29 is 32.2 Å². The number of hydrogen-bond acceptors (Lipinski definition) is 7. The number of rotatable bonds is 4. The van der Waals surface area contributed by atoms with Crippen LogP contribution in [0, 0.1) is 0 Å². The molecular formula is C13H14O7S. The number of esters is 2. The molecule has 1 fully saturated rings. The van der Waals surface area contributed by atoms with E-state index in [0.29, 0.717) is 6.42 Å². The Morgan fingerprint density at radius 3 is 2.62 bits per heavy atom. The van der Waals surface area contributed by atoms with Gasteiger partial charge in [-0.3, -0.25) is 0 Å². The van der Waals surface area contributed by atoms with E-state index in [1.54, 1.807) is 0 Å². The van der Waals surface area contributed by atoms with Crippen LogP contribution in [-0.2, 0) is 24.1 Å². The van der Waals surface area contributed by atoms with Gasteiger partial charge in [-0.25, -0.2) is 18.0 Å². The van der Waals surface area contributed by atoms with Crippen molar-refractivity contribution >= 4 is 21.8 Å². The van der Waals surface area contributed by atoms with Gasteiger partial charge in [-0.1, -0.05) is 0 Å². The Bertz CT molecular complexity index is 678. The van der Waals surface area contributed by atoms with E-state index < -0.39 is 27.9 Å². The van der Waals surface area contributed by atoms with E-state index >= 15 is 0 Å². The van der Waals surface area contributed by atoms with Gasteiger partial charge in [0.25, 0.3) is 0 Å². The molecular weight excluding hydrogens is 300 g/mol. The number of sulfone groups is 1. The highest BCUT2D eigenvalue weighted by Crippen LogP contribution is 2.26. The number of ether oxygens (including phenoxy) is 3. The number of benzene rings is 1. The van der Waals surface area contributed by atoms with E-state index in [1.165, 1.54) is 19.2 Å². The Hall–Kier alpha value is -2.09. The molecule has 0 spiro atoms. The van der Waals surface area contributed by atoms with Crippen LogP contribution < -0.4 is 4.74 Å². The number of methoxy groups -OCH3 is 1. The first kappa shape index (κ1) is 15.3. The largest absolute Gasteiger partial charge is 0.478 e. The molecule has 0 radical (unpaired) electrons. The number of carbonyl (C=O) groups excluding carboxylic acids is 2. The van der Waals surface area contributed by atoms with Crippen LogP contribution in [0.5, 0.6) is 5.75 Å². The SMILES string of the molecule is COC(=O)c1cc(S(C)(=O)=O)ccc1OC1CCOC1=O. The molecule has 2 rings (SSSR count). The lowest BCUT2D eigenvalue weighted by Gasteiger charge is -2.14. The molecule has 1 heterocycles. The van der Waals surface area contributed by atoms with Crippen molar-refractivity contribution in [1.82, 2.24) is 0 Å². The van der Waals surface area contributed by atoms with Gasteiger partial charge in [-0.2, -0.15) is 0 Å². The molecule has 7 nitrogen and oxygen atoms in total. The minimum absolute atomic E-state index is 0.0377. The van der Waals surface area contributed by atoms with Crippen LogP contribution in [0.3, 0.4) is 0 Å². The quantitative estimate of drug-likeness (QED) is 0.750. The van der Waals surface area contributed by atoms with Crippen LogP contribution >= 0.6 is 0 Å². The average molecular weight is 314 g/mol. The highest BCUT2D eigenvalue weighted by Gasteiger charge is 2.30. The maximum absolute atomic E-state index is 11.8. The fraction of sp³-hybridized carbons (Fsp3) is 0.385. The van der Waals surface area contributed by atoms with Gasteiger partial charge in [-0.05, 0) is 18.2 Å². The summed E-state index contributed by atoms with van der Waals surface area (Å²) >= 11 is 0. The molecule has 114 valence electrons. The van der Waals surface area contributed by atoms with Crippen molar-refractivity contribution in [3.8, 4) is 5.75 Å². The smallest absolute Gasteiger partial charge is 0.347 e. The molecule has 0 aromatic heterocycles. The van der Waals surface area contributed by atoms with Gasteiger partial charge < -0.3 is 14.2 Å². The highest BCUT2D eigenvalue weighted by atomic mass is 32.2. The molecule has 1 unspecified atom stereocenters. The zero-order valence-corrected chi connectivity index (χ0v) is 12.3. The molecule has 21 heavy (non-hydrogen) atoms. The van der Waals surface area contributed by atoms with Gasteiger partial charge in [0.2, 0.25) is 0 Å². The summed E-state index contributed by atoms with van der Waals surface area (Å²) in [6, 6.07) is 3.79. The van der Waals surface area contributed by atoms with Crippen molar-refractivity contribution in [2.24, 2.45) is 0 Å². The summed E-state index contributed by atoms with van der Waals surface area (Å²) in [7, 11) is -2.31. The normalized spacial score (nSPS) is 18.2.